The molecular formula is C14H8BrN3O5. The molecule has 1 fully saturated rings. The van der Waals surface area contributed by atoms with Gasteiger partial charge in [-0.05, 0) is 34.1 Å². The summed E-state index contributed by atoms with van der Waals surface area (Å²) in [5.74, 6) is 0.283. The lowest BCUT2D eigenvalue weighted by molar-refractivity contribution is -0.384. The molecule has 3 amide bonds. The first-order valence-corrected chi connectivity index (χ1v) is 7.11. The molecule has 0 spiro atoms. The topological polar surface area (TPSA) is 114 Å². The lowest BCUT2D eigenvalue weighted by Gasteiger charge is -2.01. The summed E-state index contributed by atoms with van der Waals surface area (Å²) in [6.45, 7) is 0. The van der Waals surface area contributed by atoms with Crippen LogP contribution in [0.5, 0.6) is 0 Å². The van der Waals surface area contributed by atoms with Crippen LogP contribution < -0.4 is 10.6 Å². The highest BCUT2D eigenvalue weighted by Gasteiger charge is 2.23. The first kappa shape index (κ1) is 15.0. The van der Waals surface area contributed by atoms with Crippen molar-refractivity contribution in [2.45, 2.75) is 0 Å². The monoisotopic (exact) mass is 377 g/mol. The molecular weight excluding hydrogens is 370 g/mol. The van der Waals surface area contributed by atoms with Crippen molar-refractivity contribution in [1.29, 1.82) is 0 Å². The van der Waals surface area contributed by atoms with Crippen molar-refractivity contribution in [2.24, 2.45) is 0 Å². The number of nitrogens with one attached hydrogen (secondary N) is 2. The van der Waals surface area contributed by atoms with Crippen molar-refractivity contribution in [3.63, 3.8) is 0 Å². The number of nitro groups is 1. The molecule has 1 aromatic carbocycles. The smallest absolute Gasteiger partial charge is 0.326 e. The van der Waals surface area contributed by atoms with Crippen molar-refractivity contribution in [2.75, 3.05) is 0 Å². The average Bonchev–Trinajstić information content (AvgIpc) is 3.06. The number of hydrogen-bond acceptors (Lipinski definition) is 5. The van der Waals surface area contributed by atoms with E-state index in [0.29, 0.717) is 21.6 Å². The molecule has 0 saturated carbocycles. The van der Waals surface area contributed by atoms with Crippen LogP contribution in [0.1, 0.15) is 5.76 Å². The fraction of sp³-hybridized carbons (Fsp3) is 0. The third-order valence-electron chi connectivity index (χ3n) is 3.06. The van der Waals surface area contributed by atoms with Gasteiger partial charge in [0.15, 0.2) is 0 Å². The van der Waals surface area contributed by atoms with Crippen LogP contribution in [-0.4, -0.2) is 16.9 Å². The fourth-order valence-electron chi connectivity index (χ4n) is 2.02. The maximum absolute atomic E-state index is 11.4. The first-order valence-electron chi connectivity index (χ1n) is 6.32. The van der Waals surface area contributed by atoms with E-state index < -0.39 is 16.9 Å². The third kappa shape index (κ3) is 2.99. The second-order valence-corrected chi connectivity index (χ2v) is 5.44. The van der Waals surface area contributed by atoms with Gasteiger partial charge in [0.1, 0.15) is 17.2 Å². The van der Waals surface area contributed by atoms with Crippen LogP contribution in [0.25, 0.3) is 17.4 Å². The van der Waals surface area contributed by atoms with E-state index in [1.54, 1.807) is 18.2 Å². The summed E-state index contributed by atoms with van der Waals surface area (Å²) in [7, 11) is 0. The number of urea groups is 1. The van der Waals surface area contributed by atoms with Gasteiger partial charge in [-0.1, -0.05) is 0 Å². The van der Waals surface area contributed by atoms with Gasteiger partial charge in [-0.3, -0.25) is 20.2 Å². The second kappa shape index (κ2) is 5.69. The van der Waals surface area contributed by atoms with Crippen molar-refractivity contribution >= 4 is 39.6 Å². The molecule has 2 aromatic rings. The number of furan rings is 1. The van der Waals surface area contributed by atoms with Crippen molar-refractivity contribution < 1.29 is 18.9 Å². The van der Waals surface area contributed by atoms with Crippen LogP contribution >= 0.6 is 15.9 Å². The Balaban J connectivity index is 1.91. The Morgan fingerprint density at radius 3 is 2.57 bits per heavy atom. The van der Waals surface area contributed by atoms with Crippen molar-refractivity contribution in [1.82, 2.24) is 10.6 Å². The highest BCUT2D eigenvalue weighted by Crippen LogP contribution is 2.32. The molecule has 0 bridgehead atoms. The highest BCUT2D eigenvalue weighted by molar-refractivity contribution is 9.10. The van der Waals surface area contributed by atoms with E-state index in [9.17, 15) is 19.7 Å². The van der Waals surface area contributed by atoms with Crippen LogP contribution in [-0.2, 0) is 4.79 Å². The zero-order chi connectivity index (χ0) is 16.6. The molecule has 1 saturated heterocycles. The van der Waals surface area contributed by atoms with Gasteiger partial charge >= 0.3 is 6.03 Å². The molecule has 9 heteroatoms. The summed E-state index contributed by atoms with van der Waals surface area (Å²) in [5.41, 5.74) is 0.665. The minimum atomic E-state index is -0.592. The lowest BCUT2D eigenvalue weighted by Crippen LogP contribution is -2.22. The Morgan fingerprint density at radius 1 is 1.17 bits per heavy atom. The summed E-state index contributed by atoms with van der Waals surface area (Å²) in [6, 6.07) is 6.99. The average molecular weight is 378 g/mol. The molecule has 2 N–H and O–H groups in total. The predicted molar refractivity (Wildman–Crippen MR) is 83.1 cm³/mol. The summed E-state index contributed by atoms with van der Waals surface area (Å²) in [5, 5.41) is 15.2. The van der Waals surface area contributed by atoms with Gasteiger partial charge in [0.2, 0.25) is 0 Å². The Morgan fingerprint density at radius 2 is 1.96 bits per heavy atom. The molecule has 0 aliphatic carbocycles. The predicted octanol–water partition coefficient (Wildman–Crippen LogP) is 2.80. The minimum absolute atomic E-state index is 0.0418. The number of hydrogen-bond donors (Lipinski definition) is 2. The normalized spacial score (nSPS) is 15.6. The van der Waals surface area contributed by atoms with Gasteiger partial charge in [0.05, 0.1) is 4.92 Å². The van der Waals surface area contributed by atoms with Gasteiger partial charge in [-0.15, -0.1) is 0 Å². The Labute approximate surface area is 137 Å². The number of nitrogens with zero attached hydrogens (tertiary/aromatic N) is 1. The van der Waals surface area contributed by atoms with Crippen LogP contribution in [0.3, 0.4) is 0 Å². The Hall–Kier alpha value is -2.94. The molecule has 3 rings (SSSR count). The minimum Gasteiger partial charge on any atom is -0.457 e. The zero-order valence-electron chi connectivity index (χ0n) is 11.3. The standard InChI is InChI=1S/C14H8BrN3O5/c15-10-5-7(18(21)22)1-3-9(10)12-4-2-8(23-12)6-11-13(19)17-14(20)16-11/h1-6H,(H2,16,17,19,20)/b11-6+. The summed E-state index contributed by atoms with van der Waals surface area (Å²) in [4.78, 5) is 32.7. The summed E-state index contributed by atoms with van der Waals surface area (Å²) < 4.78 is 6.10. The number of carbonyl (C=O) groups is 2. The molecule has 1 aromatic heterocycles. The molecule has 0 unspecified atom stereocenters. The van der Waals surface area contributed by atoms with Gasteiger partial charge in [0.25, 0.3) is 11.6 Å². The quantitative estimate of drug-likeness (QED) is 0.369. The number of nitro benzene ring substituents is 1. The van der Waals surface area contributed by atoms with E-state index in [1.807, 2.05) is 0 Å². The first-order chi connectivity index (χ1) is 10.9. The number of imide groups is 1. The lowest BCUT2D eigenvalue weighted by atomic mass is 10.1. The van der Waals surface area contributed by atoms with E-state index in [2.05, 4.69) is 26.6 Å². The van der Waals surface area contributed by atoms with E-state index in [1.165, 1.54) is 18.2 Å². The molecule has 0 radical (unpaired) electrons. The number of rotatable bonds is 3. The number of non-ortho nitro benzene ring substituents is 1. The Kier molecular flexibility index (Phi) is 3.70. The summed E-state index contributed by atoms with van der Waals surface area (Å²) >= 11 is 3.27. The van der Waals surface area contributed by atoms with E-state index in [0.717, 1.165) is 0 Å². The van der Waals surface area contributed by atoms with Gasteiger partial charge < -0.3 is 9.73 Å². The van der Waals surface area contributed by atoms with Crippen LogP contribution in [0.2, 0.25) is 0 Å². The Bertz CT molecular complexity index is 871. The van der Waals surface area contributed by atoms with E-state index in [4.69, 9.17) is 4.42 Å². The van der Waals surface area contributed by atoms with Gasteiger partial charge in [-0.2, -0.15) is 0 Å². The fourth-order valence-corrected chi connectivity index (χ4v) is 2.58. The number of benzene rings is 1. The molecule has 1 aliphatic heterocycles. The van der Waals surface area contributed by atoms with E-state index >= 15 is 0 Å². The van der Waals surface area contributed by atoms with Gasteiger partial charge in [-0.25, -0.2) is 4.79 Å². The molecule has 8 nitrogen and oxygen atoms in total. The summed E-state index contributed by atoms with van der Waals surface area (Å²) in [6.07, 6.45) is 1.39. The SMILES string of the molecule is O=C1NC(=O)/C(=C\c2ccc(-c3ccc([N+](=O)[O-])cc3Br)o2)N1. The maximum Gasteiger partial charge on any atom is 0.326 e. The van der Waals surface area contributed by atoms with Crippen LogP contribution in [0.4, 0.5) is 10.5 Å². The van der Waals surface area contributed by atoms with Crippen LogP contribution in [0, 0.1) is 10.1 Å². The number of carbonyl (C=O) groups excluding carboxylic acids is 2. The largest absolute Gasteiger partial charge is 0.457 e. The number of amides is 3. The van der Waals surface area contributed by atoms with Crippen molar-refractivity contribution in [3.05, 3.63) is 56.4 Å². The van der Waals surface area contributed by atoms with Crippen LogP contribution in [0.15, 0.2) is 44.9 Å². The van der Waals surface area contributed by atoms with E-state index in [-0.39, 0.29) is 11.4 Å². The number of halogens is 1. The molecule has 23 heavy (non-hydrogen) atoms. The van der Waals surface area contributed by atoms with Crippen molar-refractivity contribution in [3.8, 4) is 11.3 Å². The maximum atomic E-state index is 11.4. The molecule has 1 aliphatic rings. The molecule has 116 valence electrons. The third-order valence-corrected chi connectivity index (χ3v) is 3.72. The molecule has 2 heterocycles. The molecule has 0 atom stereocenters. The second-order valence-electron chi connectivity index (χ2n) is 4.59. The highest BCUT2D eigenvalue weighted by atomic mass is 79.9. The zero-order valence-corrected chi connectivity index (χ0v) is 12.9. The van der Waals surface area contributed by atoms with Gasteiger partial charge in [0, 0.05) is 28.2 Å².